The average molecular weight is 472 g/mol. The maximum Gasteiger partial charge on any atom is 0.416 e. The van der Waals surface area contributed by atoms with Crippen LogP contribution >= 0.6 is 11.8 Å². The summed E-state index contributed by atoms with van der Waals surface area (Å²) in [7, 11) is 0. The molecule has 1 heterocycles. The van der Waals surface area contributed by atoms with Crippen LogP contribution in [0.15, 0.2) is 71.6 Å². The number of nitrogens with one attached hydrogen (secondary N) is 1. The highest BCUT2D eigenvalue weighted by atomic mass is 32.2. The number of alkyl halides is 3. The molecule has 1 unspecified atom stereocenters. The van der Waals surface area contributed by atoms with Gasteiger partial charge in [-0.3, -0.25) is 0 Å². The summed E-state index contributed by atoms with van der Waals surface area (Å²) in [6, 6.07) is 17.8. The minimum atomic E-state index is -4.38. The fourth-order valence-corrected chi connectivity index (χ4v) is 4.09. The van der Waals surface area contributed by atoms with Gasteiger partial charge in [-0.15, -0.1) is 11.8 Å². The van der Waals surface area contributed by atoms with Crippen molar-refractivity contribution in [2.24, 2.45) is 0 Å². The van der Waals surface area contributed by atoms with Gasteiger partial charge in [0.15, 0.2) is 6.10 Å². The molecule has 1 atom stereocenters. The number of para-hydroxylation sites is 1. The molecule has 170 valence electrons. The van der Waals surface area contributed by atoms with Gasteiger partial charge in [-0.25, -0.2) is 9.78 Å². The summed E-state index contributed by atoms with van der Waals surface area (Å²) in [5.41, 5.74) is 2.43. The molecule has 0 radical (unpaired) electrons. The van der Waals surface area contributed by atoms with Crippen molar-refractivity contribution >= 4 is 28.8 Å². The maximum atomic E-state index is 12.8. The molecule has 33 heavy (non-hydrogen) atoms. The fraction of sp³-hybridized carbons (Fsp3) is 0.167. The van der Waals surface area contributed by atoms with E-state index in [-0.39, 0.29) is 0 Å². The van der Waals surface area contributed by atoms with Crippen LogP contribution in [0.3, 0.4) is 0 Å². The number of hydrogen-bond acceptors (Lipinski definition) is 4. The SMILES string of the molecule is CC(Oc1ccc(SCc2cccc3nc(-c4ccc(C(F)(F)F)cc4)[nH]c23)cc1)C(=O)O. The molecule has 5 nitrogen and oxygen atoms in total. The molecule has 0 saturated carbocycles. The third-order valence-corrected chi connectivity index (χ3v) is 6.03. The number of hydrogen-bond donors (Lipinski definition) is 2. The highest BCUT2D eigenvalue weighted by Crippen LogP contribution is 2.32. The molecule has 0 bridgehead atoms. The van der Waals surface area contributed by atoms with E-state index in [0.29, 0.717) is 22.9 Å². The monoisotopic (exact) mass is 472 g/mol. The van der Waals surface area contributed by atoms with Crippen molar-refractivity contribution < 1.29 is 27.8 Å². The zero-order valence-corrected chi connectivity index (χ0v) is 18.2. The van der Waals surface area contributed by atoms with E-state index in [1.807, 2.05) is 30.3 Å². The van der Waals surface area contributed by atoms with Gasteiger partial charge in [0, 0.05) is 16.2 Å². The Morgan fingerprint density at radius 1 is 1.09 bits per heavy atom. The highest BCUT2D eigenvalue weighted by molar-refractivity contribution is 7.98. The number of rotatable bonds is 7. The maximum absolute atomic E-state index is 12.8. The number of carbonyl (C=O) groups is 1. The number of carboxylic acids is 1. The predicted octanol–water partition coefficient (Wildman–Crippen LogP) is 6.39. The number of thioether (sulfide) groups is 1. The van der Waals surface area contributed by atoms with Crippen molar-refractivity contribution in [3.63, 3.8) is 0 Å². The molecule has 3 aromatic carbocycles. The molecule has 0 amide bonds. The van der Waals surface area contributed by atoms with E-state index in [4.69, 9.17) is 9.84 Å². The first-order chi connectivity index (χ1) is 15.7. The number of H-pyrrole nitrogens is 1. The second kappa shape index (κ2) is 9.19. The van der Waals surface area contributed by atoms with Crippen molar-refractivity contribution in [3.05, 3.63) is 77.9 Å². The van der Waals surface area contributed by atoms with Crippen LogP contribution < -0.4 is 4.74 Å². The number of benzene rings is 3. The van der Waals surface area contributed by atoms with Gasteiger partial charge in [-0.05, 0) is 55.0 Å². The van der Waals surface area contributed by atoms with Crippen molar-refractivity contribution in [2.45, 2.75) is 29.9 Å². The van der Waals surface area contributed by atoms with E-state index in [9.17, 15) is 18.0 Å². The summed E-state index contributed by atoms with van der Waals surface area (Å²) in [5, 5.41) is 8.93. The van der Waals surface area contributed by atoms with Crippen molar-refractivity contribution in [3.8, 4) is 17.1 Å². The Bertz CT molecular complexity index is 1270. The van der Waals surface area contributed by atoms with Crippen LogP contribution in [0.1, 0.15) is 18.1 Å². The third-order valence-electron chi connectivity index (χ3n) is 4.97. The molecular weight excluding hydrogens is 453 g/mol. The summed E-state index contributed by atoms with van der Waals surface area (Å²) >= 11 is 1.59. The third kappa shape index (κ3) is 5.31. The van der Waals surface area contributed by atoms with Gasteiger partial charge in [0.2, 0.25) is 0 Å². The van der Waals surface area contributed by atoms with E-state index in [1.54, 1.807) is 23.9 Å². The lowest BCUT2D eigenvalue weighted by atomic mass is 10.1. The first-order valence-electron chi connectivity index (χ1n) is 9.98. The smallest absolute Gasteiger partial charge is 0.416 e. The fourth-order valence-electron chi connectivity index (χ4n) is 3.19. The molecule has 0 saturated heterocycles. The minimum absolute atomic E-state index is 0.478. The number of halogens is 3. The molecule has 0 aliphatic heterocycles. The Balaban J connectivity index is 1.49. The van der Waals surface area contributed by atoms with Crippen LogP contribution in [-0.2, 0) is 16.7 Å². The number of imidazole rings is 1. The highest BCUT2D eigenvalue weighted by Gasteiger charge is 2.30. The van der Waals surface area contributed by atoms with Gasteiger partial charge >= 0.3 is 12.1 Å². The van der Waals surface area contributed by atoms with Gasteiger partial charge in [-0.1, -0.05) is 24.3 Å². The summed E-state index contributed by atoms with van der Waals surface area (Å²) in [6.07, 6.45) is -5.31. The Morgan fingerprint density at radius 2 is 1.79 bits per heavy atom. The van der Waals surface area contributed by atoms with Gasteiger partial charge in [0.25, 0.3) is 0 Å². The predicted molar refractivity (Wildman–Crippen MR) is 120 cm³/mol. The molecule has 0 aliphatic rings. The number of fused-ring (bicyclic) bond motifs is 1. The van der Waals surface area contributed by atoms with Crippen LogP contribution in [0, 0.1) is 0 Å². The Labute approximate surface area is 191 Å². The summed E-state index contributed by atoms with van der Waals surface area (Å²) in [6.45, 7) is 1.47. The Kier molecular flexibility index (Phi) is 6.33. The standard InChI is InChI=1S/C24H19F3N2O3S/c1-14(23(30)31)32-18-9-11-19(12-10-18)33-13-16-3-2-4-20-21(16)29-22(28-20)15-5-7-17(8-6-15)24(25,26)27/h2-12,14H,13H2,1H3,(H,28,29)(H,30,31). The van der Waals surface area contributed by atoms with Gasteiger partial charge in [0.05, 0.1) is 16.6 Å². The van der Waals surface area contributed by atoms with E-state index in [2.05, 4.69) is 9.97 Å². The first-order valence-corrected chi connectivity index (χ1v) is 11.0. The van der Waals surface area contributed by atoms with Gasteiger partial charge < -0.3 is 14.8 Å². The molecule has 0 spiro atoms. The largest absolute Gasteiger partial charge is 0.479 e. The molecular formula is C24H19F3N2O3S. The molecule has 2 N–H and O–H groups in total. The summed E-state index contributed by atoms with van der Waals surface area (Å²) < 4.78 is 43.8. The molecule has 4 rings (SSSR count). The molecule has 0 fully saturated rings. The van der Waals surface area contributed by atoms with E-state index in [1.165, 1.54) is 19.1 Å². The summed E-state index contributed by atoms with van der Waals surface area (Å²) in [5.74, 6) is 0.589. The van der Waals surface area contributed by atoms with Crippen molar-refractivity contribution in [2.75, 3.05) is 0 Å². The van der Waals surface area contributed by atoms with Crippen LogP contribution in [0.25, 0.3) is 22.4 Å². The van der Waals surface area contributed by atoms with E-state index >= 15 is 0 Å². The Morgan fingerprint density at radius 3 is 2.42 bits per heavy atom. The zero-order valence-electron chi connectivity index (χ0n) is 17.4. The Hall–Kier alpha value is -3.46. The summed E-state index contributed by atoms with van der Waals surface area (Å²) in [4.78, 5) is 19.6. The molecule has 4 aromatic rings. The second-order valence-corrected chi connectivity index (χ2v) is 8.38. The van der Waals surface area contributed by atoms with Gasteiger partial charge in [-0.2, -0.15) is 13.2 Å². The molecule has 1 aromatic heterocycles. The minimum Gasteiger partial charge on any atom is -0.479 e. The van der Waals surface area contributed by atoms with Crippen molar-refractivity contribution in [1.82, 2.24) is 9.97 Å². The van der Waals surface area contributed by atoms with Crippen LogP contribution in [0.5, 0.6) is 5.75 Å². The number of ether oxygens (including phenoxy) is 1. The number of aromatic amines is 1. The van der Waals surface area contributed by atoms with Crippen molar-refractivity contribution in [1.29, 1.82) is 0 Å². The van der Waals surface area contributed by atoms with Gasteiger partial charge in [0.1, 0.15) is 11.6 Å². The topological polar surface area (TPSA) is 75.2 Å². The van der Waals surface area contributed by atoms with Crippen LogP contribution in [0.4, 0.5) is 13.2 Å². The van der Waals surface area contributed by atoms with E-state index in [0.717, 1.165) is 33.6 Å². The normalized spacial score (nSPS) is 12.6. The van der Waals surface area contributed by atoms with Crippen LogP contribution in [0.2, 0.25) is 0 Å². The number of carboxylic acid groups (broad SMARTS) is 1. The quantitative estimate of drug-likeness (QED) is 0.305. The number of aromatic nitrogens is 2. The second-order valence-electron chi connectivity index (χ2n) is 7.33. The molecule has 9 heteroatoms. The number of aliphatic carboxylic acids is 1. The lowest BCUT2D eigenvalue weighted by Crippen LogP contribution is -2.22. The van der Waals surface area contributed by atoms with Crippen LogP contribution in [-0.4, -0.2) is 27.1 Å². The molecule has 0 aliphatic carbocycles. The lowest BCUT2D eigenvalue weighted by Gasteiger charge is -2.10. The number of nitrogens with zero attached hydrogens (tertiary/aromatic N) is 1. The lowest BCUT2D eigenvalue weighted by molar-refractivity contribution is -0.144. The van der Waals surface area contributed by atoms with E-state index < -0.39 is 23.8 Å². The average Bonchev–Trinajstić information content (AvgIpc) is 3.23. The zero-order chi connectivity index (χ0) is 23.6. The first kappa shape index (κ1) is 22.7.